The van der Waals surface area contributed by atoms with Crippen LogP contribution in [-0.2, 0) is 0 Å². The van der Waals surface area contributed by atoms with Crippen molar-refractivity contribution in [2.24, 2.45) is 0 Å². The summed E-state index contributed by atoms with van der Waals surface area (Å²) in [7, 11) is -1.45. The highest BCUT2D eigenvalue weighted by Crippen LogP contribution is 2.16. The Balaban J connectivity index is 1.79. The van der Waals surface area contributed by atoms with Gasteiger partial charge in [0.2, 0.25) is 0 Å². The van der Waals surface area contributed by atoms with Gasteiger partial charge in [0.15, 0.2) is 0 Å². The summed E-state index contributed by atoms with van der Waals surface area (Å²) in [5.41, 5.74) is 2.78. The van der Waals surface area contributed by atoms with Crippen molar-refractivity contribution < 1.29 is 19.5 Å². The second kappa shape index (κ2) is 7.15. The number of benzene rings is 2. The largest absolute Gasteiger partial charge is 0.490 e. The average Bonchev–Trinajstić information content (AvgIpc) is 2.43. The van der Waals surface area contributed by atoms with Crippen LogP contribution < -0.4 is 14.9 Å². The van der Waals surface area contributed by atoms with Gasteiger partial charge in [-0.1, -0.05) is 18.2 Å². The summed E-state index contributed by atoms with van der Waals surface area (Å²) in [4.78, 5) is 0. The fourth-order valence-electron chi connectivity index (χ4n) is 2.07. The number of ether oxygens (including phenoxy) is 2. The van der Waals surface area contributed by atoms with Gasteiger partial charge in [-0.05, 0) is 54.7 Å². The van der Waals surface area contributed by atoms with E-state index in [0.717, 1.165) is 5.75 Å². The molecular formula is C16H19BO4. The van der Waals surface area contributed by atoms with Crippen molar-refractivity contribution in [1.29, 1.82) is 0 Å². The van der Waals surface area contributed by atoms with E-state index in [1.54, 1.807) is 24.3 Å². The van der Waals surface area contributed by atoms with Gasteiger partial charge in [0.1, 0.15) is 24.7 Å². The van der Waals surface area contributed by atoms with Crippen molar-refractivity contribution in [3.8, 4) is 11.5 Å². The highest BCUT2D eigenvalue weighted by Gasteiger charge is 2.09. The molecule has 0 aliphatic rings. The molecule has 2 aromatic rings. The quantitative estimate of drug-likeness (QED) is 0.623. The molecule has 0 unspecified atom stereocenters. The van der Waals surface area contributed by atoms with Crippen LogP contribution in [0.2, 0.25) is 0 Å². The van der Waals surface area contributed by atoms with Crippen molar-refractivity contribution in [2.75, 3.05) is 13.2 Å². The van der Waals surface area contributed by atoms with Crippen LogP contribution in [0.15, 0.2) is 42.5 Å². The predicted molar refractivity (Wildman–Crippen MR) is 83.2 cm³/mol. The van der Waals surface area contributed by atoms with E-state index in [0.29, 0.717) is 24.4 Å². The molecule has 0 amide bonds. The third kappa shape index (κ3) is 4.81. The fraction of sp³-hybridized carbons (Fsp3) is 0.250. The van der Waals surface area contributed by atoms with E-state index in [-0.39, 0.29) is 0 Å². The van der Waals surface area contributed by atoms with E-state index < -0.39 is 7.12 Å². The van der Waals surface area contributed by atoms with E-state index in [2.05, 4.69) is 6.07 Å². The Kier molecular flexibility index (Phi) is 5.25. The number of hydrogen-bond acceptors (Lipinski definition) is 4. The summed E-state index contributed by atoms with van der Waals surface area (Å²) in [6.07, 6.45) is 0. The minimum atomic E-state index is -1.45. The predicted octanol–water partition coefficient (Wildman–Crippen LogP) is 1.44. The van der Waals surface area contributed by atoms with Crippen LogP contribution in [0.1, 0.15) is 11.1 Å². The standard InChI is InChI=1S/C16H19BO4/c1-12-9-13(2)11-16(10-12)21-8-7-20-15-5-3-14(4-6-15)17(18)19/h3-6,9-11,18-19H,7-8H2,1-2H3. The number of aryl methyl sites for hydroxylation is 2. The van der Waals surface area contributed by atoms with Gasteiger partial charge in [0, 0.05) is 0 Å². The zero-order chi connectivity index (χ0) is 15.2. The Labute approximate surface area is 125 Å². The molecule has 0 aliphatic carbocycles. The molecule has 0 aromatic heterocycles. The van der Waals surface area contributed by atoms with Gasteiger partial charge >= 0.3 is 7.12 Å². The van der Waals surface area contributed by atoms with Gasteiger partial charge in [0.25, 0.3) is 0 Å². The highest BCUT2D eigenvalue weighted by molar-refractivity contribution is 6.58. The monoisotopic (exact) mass is 286 g/mol. The summed E-state index contributed by atoms with van der Waals surface area (Å²) >= 11 is 0. The normalized spacial score (nSPS) is 10.3. The fourth-order valence-corrected chi connectivity index (χ4v) is 2.07. The zero-order valence-electron chi connectivity index (χ0n) is 12.2. The van der Waals surface area contributed by atoms with Gasteiger partial charge in [-0.3, -0.25) is 0 Å². The van der Waals surface area contributed by atoms with Gasteiger partial charge in [-0.2, -0.15) is 0 Å². The van der Waals surface area contributed by atoms with E-state index in [1.807, 2.05) is 26.0 Å². The molecule has 2 N–H and O–H groups in total. The molecule has 2 rings (SSSR count). The van der Waals surface area contributed by atoms with Crippen LogP contribution in [0.4, 0.5) is 0 Å². The second-order valence-corrected chi connectivity index (χ2v) is 4.96. The first-order valence-electron chi connectivity index (χ1n) is 6.84. The molecule has 0 saturated heterocycles. The van der Waals surface area contributed by atoms with E-state index in [4.69, 9.17) is 19.5 Å². The summed E-state index contributed by atoms with van der Waals surface area (Å²) in [6.45, 7) is 4.95. The number of rotatable bonds is 6. The molecule has 0 fully saturated rings. The lowest BCUT2D eigenvalue weighted by Gasteiger charge is -2.10. The van der Waals surface area contributed by atoms with Gasteiger partial charge in [-0.25, -0.2) is 0 Å². The Hall–Kier alpha value is -1.98. The van der Waals surface area contributed by atoms with Gasteiger partial charge in [0.05, 0.1) is 0 Å². The zero-order valence-corrected chi connectivity index (χ0v) is 12.2. The maximum Gasteiger partial charge on any atom is 0.488 e. The Morgan fingerprint density at radius 2 is 1.33 bits per heavy atom. The third-order valence-electron chi connectivity index (χ3n) is 2.99. The summed E-state index contributed by atoms with van der Waals surface area (Å²) in [5.74, 6) is 1.51. The Morgan fingerprint density at radius 3 is 1.86 bits per heavy atom. The van der Waals surface area contributed by atoms with Crippen molar-refractivity contribution >= 4 is 12.6 Å². The molecule has 2 aromatic carbocycles. The molecular weight excluding hydrogens is 267 g/mol. The Morgan fingerprint density at radius 1 is 0.810 bits per heavy atom. The lowest BCUT2D eigenvalue weighted by molar-refractivity contribution is 0.217. The lowest BCUT2D eigenvalue weighted by atomic mass is 9.80. The molecule has 0 atom stereocenters. The summed E-state index contributed by atoms with van der Waals surface area (Å²) < 4.78 is 11.2. The lowest BCUT2D eigenvalue weighted by Crippen LogP contribution is -2.29. The summed E-state index contributed by atoms with van der Waals surface area (Å²) in [6, 6.07) is 12.7. The van der Waals surface area contributed by atoms with Crippen molar-refractivity contribution in [3.63, 3.8) is 0 Å². The molecule has 0 saturated carbocycles. The smallest absolute Gasteiger partial charge is 0.488 e. The molecule has 0 heterocycles. The third-order valence-corrected chi connectivity index (χ3v) is 2.99. The van der Waals surface area contributed by atoms with Crippen molar-refractivity contribution in [1.82, 2.24) is 0 Å². The molecule has 21 heavy (non-hydrogen) atoms. The van der Waals surface area contributed by atoms with Crippen LogP contribution >= 0.6 is 0 Å². The van der Waals surface area contributed by atoms with Crippen LogP contribution in [0, 0.1) is 13.8 Å². The van der Waals surface area contributed by atoms with Gasteiger partial charge < -0.3 is 19.5 Å². The maximum atomic E-state index is 8.99. The first kappa shape index (κ1) is 15.4. The number of hydrogen-bond donors (Lipinski definition) is 2. The molecule has 0 radical (unpaired) electrons. The Bertz CT molecular complexity index is 561. The topological polar surface area (TPSA) is 58.9 Å². The highest BCUT2D eigenvalue weighted by atomic mass is 16.5. The first-order chi connectivity index (χ1) is 10.0. The molecule has 0 aliphatic heterocycles. The minimum Gasteiger partial charge on any atom is -0.490 e. The van der Waals surface area contributed by atoms with E-state index in [9.17, 15) is 0 Å². The first-order valence-corrected chi connectivity index (χ1v) is 6.84. The van der Waals surface area contributed by atoms with Crippen molar-refractivity contribution in [2.45, 2.75) is 13.8 Å². The summed E-state index contributed by atoms with van der Waals surface area (Å²) in [5, 5.41) is 18.0. The SMILES string of the molecule is Cc1cc(C)cc(OCCOc2ccc(B(O)O)cc2)c1. The van der Waals surface area contributed by atoms with Gasteiger partial charge in [-0.15, -0.1) is 0 Å². The van der Waals surface area contributed by atoms with E-state index in [1.165, 1.54) is 11.1 Å². The molecule has 0 bridgehead atoms. The van der Waals surface area contributed by atoms with Crippen LogP contribution in [0.25, 0.3) is 0 Å². The maximum absolute atomic E-state index is 8.99. The molecule has 5 heteroatoms. The molecule has 4 nitrogen and oxygen atoms in total. The van der Waals surface area contributed by atoms with Crippen LogP contribution in [0.3, 0.4) is 0 Å². The molecule has 110 valence electrons. The van der Waals surface area contributed by atoms with Crippen molar-refractivity contribution in [3.05, 3.63) is 53.6 Å². The molecule has 0 spiro atoms. The minimum absolute atomic E-state index is 0.425. The van der Waals surface area contributed by atoms with Crippen LogP contribution in [0.5, 0.6) is 11.5 Å². The van der Waals surface area contributed by atoms with E-state index >= 15 is 0 Å². The average molecular weight is 286 g/mol. The van der Waals surface area contributed by atoms with Crippen LogP contribution in [-0.4, -0.2) is 30.4 Å². The second-order valence-electron chi connectivity index (χ2n) is 4.96.